The molecule has 1 fully saturated rings. The van der Waals surface area contributed by atoms with Crippen molar-refractivity contribution >= 4 is 28.4 Å². The lowest BCUT2D eigenvalue weighted by molar-refractivity contribution is -0.115. The smallest absolute Gasteiger partial charge is 0.254 e. The largest absolute Gasteiger partial charge is 0.361 e. The van der Waals surface area contributed by atoms with Crippen LogP contribution in [0.4, 0.5) is 5.69 Å². The Labute approximate surface area is 158 Å². The number of aromatic nitrogens is 1. The molecule has 0 atom stereocenters. The average molecular weight is 361 g/mol. The number of nitrogens with one attached hydrogen (secondary N) is 2. The normalized spacial score (nSPS) is 13.9. The summed E-state index contributed by atoms with van der Waals surface area (Å²) in [7, 11) is 0. The predicted octanol–water partition coefficient (Wildman–Crippen LogP) is 3.89. The number of hydrogen-bond acceptors (Lipinski definition) is 2. The number of hydrogen-bond donors (Lipinski definition) is 2. The molecule has 1 saturated heterocycles. The van der Waals surface area contributed by atoms with E-state index in [0.29, 0.717) is 11.3 Å². The van der Waals surface area contributed by atoms with Crippen molar-refractivity contribution in [1.82, 2.24) is 9.88 Å². The zero-order chi connectivity index (χ0) is 18.8. The van der Waals surface area contributed by atoms with Crippen molar-refractivity contribution in [3.8, 4) is 0 Å². The molecule has 2 heterocycles. The number of benzene rings is 2. The molecule has 2 amide bonds. The van der Waals surface area contributed by atoms with E-state index in [0.717, 1.165) is 48.0 Å². The van der Waals surface area contributed by atoms with Crippen LogP contribution in [0.5, 0.6) is 0 Å². The number of para-hydroxylation sites is 1. The molecule has 0 bridgehead atoms. The van der Waals surface area contributed by atoms with Crippen molar-refractivity contribution in [2.24, 2.45) is 0 Å². The Balaban J connectivity index is 1.51. The van der Waals surface area contributed by atoms with E-state index in [1.54, 1.807) is 0 Å². The van der Waals surface area contributed by atoms with E-state index in [2.05, 4.69) is 10.3 Å². The number of likely N-dealkylation sites (tertiary alicyclic amines) is 1. The van der Waals surface area contributed by atoms with Gasteiger partial charge in [-0.25, -0.2) is 0 Å². The number of H-pyrrole nitrogens is 1. The van der Waals surface area contributed by atoms with Crippen LogP contribution in [0.3, 0.4) is 0 Å². The molecule has 4 rings (SSSR count). The highest BCUT2D eigenvalue weighted by Crippen LogP contribution is 2.23. The second-order valence-corrected chi connectivity index (χ2v) is 7.06. The molecule has 5 nitrogen and oxygen atoms in total. The van der Waals surface area contributed by atoms with Gasteiger partial charge in [0.25, 0.3) is 5.91 Å². The fourth-order valence-electron chi connectivity index (χ4n) is 3.74. The van der Waals surface area contributed by atoms with E-state index in [4.69, 9.17) is 0 Å². The topological polar surface area (TPSA) is 65.2 Å². The van der Waals surface area contributed by atoms with E-state index in [9.17, 15) is 9.59 Å². The molecule has 0 aliphatic carbocycles. The van der Waals surface area contributed by atoms with Crippen LogP contribution in [0, 0.1) is 6.92 Å². The minimum Gasteiger partial charge on any atom is -0.361 e. The highest BCUT2D eigenvalue weighted by atomic mass is 16.2. The zero-order valence-electron chi connectivity index (χ0n) is 15.4. The molecule has 138 valence electrons. The molecule has 27 heavy (non-hydrogen) atoms. The minimum absolute atomic E-state index is 0.0535. The van der Waals surface area contributed by atoms with Crippen molar-refractivity contribution in [2.75, 3.05) is 18.4 Å². The highest BCUT2D eigenvalue weighted by Gasteiger charge is 2.22. The molecule has 1 aliphatic heterocycles. The number of rotatable bonds is 4. The summed E-state index contributed by atoms with van der Waals surface area (Å²) in [6.07, 6.45) is 4.29. The summed E-state index contributed by atoms with van der Waals surface area (Å²) >= 11 is 0. The Morgan fingerprint density at radius 2 is 1.85 bits per heavy atom. The SMILES string of the molecule is Cc1c(NC(=O)Cc2c[nH]c3ccccc23)cccc1C(=O)N1CCCC1. The second-order valence-electron chi connectivity index (χ2n) is 7.06. The predicted molar refractivity (Wildman–Crippen MR) is 107 cm³/mol. The van der Waals surface area contributed by atoms with Gasteiger partial charge in [0.2, 0.25) is 5.91 Å². The first-order chi connectivity index (χ1) is 13.1. The molecule has 5 heteroatoms. The summed E-state index contributed by atoms with van der Waals surface area (Å²) < 4.78 is 0. The lowest BCUT2D eigenvalue weighted by Crippen LogP contribution is -2.28. The van der Waals surface area contributed by atoms with Gasteiger partial charge in [0.1, 0.15) is 0 Å². The number of aromatic amines is 1. The van der Waals surface area contributed by atoms with Crippen molar-refractivity contribution in [1.29, 1.82) is 0 Å². The van der Waals surface area contributed by atoms with Gasteiger partial charge in [-0.1, -0.05) is 24.3 Å². The van der Waals surface area contributed by atoms with Crippen LogP contribution in [-0.2, 0) is 11.2 Å². The summed E-state index contributed by atoms with van der Waals surface area (Å²) in [5, 5.41) is 4.03. The molecule has 1 aliphatic rings. The number of fused-ring (bicyclic) bond motifs is 1. The second kappa shape index (κ2) is 7.27. The number of carbonyl (C=O) groups excluding carboxylic acids is 2. The Bertz CT molecular complexity index is 1000. The van der Waals surface area contributed by atoms with Crippen molar-refractivity contribution in [3.05, 3.63) is 65.4 Å². The number of anilines is 1. The van der Waals surface area contributed by atoms with Crippen LogP contribution in [0.2, 0.25) is 0 Å². The van der Waals surface area contributed by atoms with E-state index in [1.165, 1.54) is 0 Å². The third-order valence-corrected chi connectivity index (χ3v) is 5.26. The average Bonchev–Trinajstić information content (AvgIpc) is 3.34. The Morgan fingerprint density at radius 1 is 1.07 bits per heavy atom. The molecule has 0 radical (unpaired) electrons. The molecular weight excluding hydrogens is 338 g/mol. The Kier molecular flexibility index (Phi) is 4.67. The van der Waals surface area contributed by atoms with Crippen molar-refractivity contribution < 1.29 is 9.59 Å². The van der Waals surface area contributed by atoms with E-state index in [1.807, 2.05) is 60.5 Å². The molecule has 3 aromatic rings. The van der Waals surface area contributed by atoms with Crippen LogP contribution in [0.25, 0.3) is 10.9 Å². The van der Waals surface area contributed by atoms with Crippen LogP contribution in [0.15, 0.2) is 48.7 Å². The third kappa shape index (κ3) is 3.45. The summed E-state index contributed by atoms with van der Waals surface area (Å²) in [5.41, 5.74) is 4.17. The summed E-state index contributed by atoms with van der Waals surface area (Å²) in [6.45, 7) is 3.52. The maximum atomic E-state index is 12.7. The van der Waals surface area contributed by atoms with Gasteiger partial charge in [-0.3, -0.25) is 9.59 Å². The maximum absolute atomic E-state index is 12.7. The van der Waals surface area contributed by atoms with Gasteiger partial charge in [0, 0.05) is 41.4 Å². The molecule has 0 spiro atoms. The van der Waals surface area contributed by atoms with E-state index in [-0.39, 0.29) is 18.2 Å². The minimum atomic E-state index is -0.0892. The van der Waals surface area contributed by atoms with E-state index < -0.39 is 0 Å². The quantitative estimate of drug-likeness (QED) is 0.740. The van der Waals surface area contributed by atoms with Gasteiger partial charge < -0.3 is 15.2 Å². The maximum Gasteiger partial charge on any atom is 0.254 e. The molecule has 2 N–H and O–H groups in total. The van der Waals surface area contributed by atoms with Crippen LogP contribution >= 0.6 is 0 Å². The molecule has 0 saturated carbocycles. The fourth-order valence-corrected chi connectivity index (χ4v) is 3.74. The van der Waals surface area contributed by atoms with Gasteiger partial charge in [-0.15, -0.1) is 0 Å². The molecular formula is C22H23N3O2. The van der Waals surface area contributed by atoms with Crippen LogP contribution in [0.1, 0.15) is 34.3 Å². The first-order valence-electron chi connectivity index (χ1n) is 9.37. The number of amides is 2. The number of carbonyl (C=O) groups is 2. The van der Waals surface area contributed by atoms with Gasteiger partial charge in [-0.05, 0) is 49.1 Å². The monoisotopic (exact) mass is 361 g/mol. The Morgan fingerprint density at radius 3 is 2.67 bits per heavy atom. The zero-order valence-corrected chi connectivity index (χ0v) is 15.4. The van der Waals surface area contributed by atoms with Gasteiger partial charge in [0.05, 0.1) is 6.42 Å². The van der Waals surface area contributed by atoms with E-state index >= 15 is 0 Å². The highest BCUT2D eigenvalue weighted by molar-refractivity contribution is 6.00. The van der Waals surface area contributed by atoms with Gasteiger partial charge >= 0.3 is 0 Å². The van der Waals surface area contributed by atoms with Crippen LogP contribution < -0.4 is 5.32 Å². The van der Waals surface area contributed by atoms with Crippen LogP contribution in [-0.4, -0.2) is 34.8 Å². The lowest BCUT2D eigenvalue weighted by Gasteiger charge is -2.18. The van der Waals surface area contributed by atoms with Gasteiger partial charge in [0.15, 0.2) is 0 Å². The third-order valence-electron chi connectivity index (χ3n) is 5.26. The molecule has 0 unspecified atom stereocenters. The first-order valence-corrected chi connectivity index (χ1v) is 9.37. The molecule has 1 aromatic heterocycles. The summed E-state index contributed by atoms with van der Waals surface area (Å²) in [4.78, 5) is 30.4. The summed E-state index contributed by atoms with van der Waals surface area (Å²) in [5.74, 6) is -0.0358. The standard InChI is InChI=1S/C22H23N3O2/c1-15-17(22(27)25-11-4-5-12-25)8-6-10-19(15)24-21(26)13-16-14-23-20-9-3-2-7-18(16)20/h2-3,6-10,14,23H,4-5,11-13H2,1H3,(H,24,26). The lowest BCUT2D eigenvalue weighted by atomic mass is 10.0. The first kappa shape index (κ1) is 17.3. The fraction of sp³-hybridized carbons (Fsp3) is 0.273. The Hall–Kier alpha value is -3.08. The molecule has 2 aromatic carbocycles. The van der Waals surface area contributed by atoms with Gasteiger partial charge in [-0.2, -0.15) is 0 Å². The van der Waals surface area contributed by atoms with Crippen molar-refractivity contribution in [2.45, 2.75) is 26.2 Å². The number of nitrogens with zero attached hydrogens (tertiary/aromatic N) is 1. The summed E-state index contributed by atoms with van der Waals surface area (Å²) in [6, 6.07) is 13.5. The van der Waals surface area contributed by atoms with Crippen molar-refractivity contribution in [3.63, 3.8) is 0 Å².